The number of nitriles is 1. The summed E-state index contributed by atoms with van der Waals surface area (Å²) in [4.78, 5) is 0. The van der Waals surface area contributed by atoms with Gasteiger partial charge in [0.1, 0.15) is 0 Å². The average Bonchev–Trinajstić information content (AvgIpc) is 2.74. The fraction of sp³-hybridized carbons (Fsp3) is 0.0625. The Morgan fingerprint density at radius 3 is 2.78 bits per heavy atom. The first kappa shape index (κ1) is 11.9. The van der Waals surface area contributed by atoms with Gasteiger partial charge in [-0.15, -0.1) is 0 Å². The van der Waals surface area contributed by atoms with Crippen molar-refractivity contribution in [1.82, 2.24) is 0 Å². The van der Waals surface area contributed by atoms with E-state index in [2.05, 4.69) is 12.1 Å². The molecule has 0 aliphatic heterocycles. The molecule has 88 valence electrons. The van der Waals surface area contributed by atoms with Gasteiger partial charge in [-0.2, -0.15) is 5.26 Å². The van der Waals surface area contributed by atoms with Crippen LogP contribution in [0.4, 0.5) is 0 Å². The Kier molecular flexibility index (Phi) is 3.78. The molecule has 2 heteroatoms. The van der Waals surface area contributed by atoms with Crippen LogP contribution in [0.3, 0.4) is 0 Å². The quantitative estimate of drug-likeness (QED) is 0.757. The van der Waals surface area contributed by atoms with Crippen LogP contribution in [0.15, 0.2) is 83.2 Å². The SMILES string of the molecule is N#CC1=C/C=C\CC(=C/C=C2/C=CC(N)=C2)/C=C\1. The van der Waals surface area contributed by atoms with Crippen molar-refractivity contribution >= 4 is 0 Å². The molecule has 0 unspecified atom stereocenters. The Bertz CT molecular complexity index is 585. The van der Waals surface area contributed by atoms with Gasteiger partial charge >= 0.3 is 0 Å². The monoisotopic (exact) mass is 234 g/mol. The van der Waals surface area contributed by atoms with E-state index in [9.17, 15) is 0 Å². The Morgan fingerprint density at radius 1 is 1.17 bits per heavy atom. The topological polar surface area (TPSA) is 49.8 Å². The lowest BCUT2D eigenvalue weighted by atomic mass is 10.1. The molecule has 2 aliphatic carbocycles. The molecule has 2 aliphatic rings. The van der Waals surface area contributed by atoms with E-state index >= 15 is 0 Å². The largest absolute Gasteiger partial charge is 0.399 e. The number of nitrogens with zero attached hydrogens (tertiary/aromatic N) is 1. The fourth-order valence-electron chi connectivity index (χ4n) is 1.68. The number of allylic oxidation sites excluding steroid dienone is 13. The minimum absolute atomic E-state index is 0.661. The molecule has 0 saturated heterocycles. The summed E-state index contributed by atoms with van der Waals surface area (Å²) in [6, 6.07) is 2.14. The highest BCUT2D eigenvalue weighted by Crippen LogP contribution is 2.14. The molecular weight excluding hydrogens is 220 g/mol. The van der Waals surface area contributed by atoms with Crippen LogP contribution in [0.5, 0.6) is 0 Å². The molecular formula is C16H14N2. The summed E-state index contributed by atoms with van der Waals surface area (Å²) >= 11 is 0. The molecule has 2 rings (SSSR count). The molecule has 2 nitrogen and oxygen atoms in total. The molecule has 0 radical (unpaired) electrons. The maximum Gasteiger partial charge on any atom is 0.0991 e. The van der Waals surface area contributed by atoms with Crippen LogP contribution in [0.2, 0.25) is 0 Å². The maximum absolute atomic E-state index is 8.86. The third kappa shape index (κ3) is 3.23. The van der Waals surface area contributed by atoms with Gasteiger partial charge in [-0.05, 0) is 41.9 Å². The van der Waals surface area contributed by atoms with Gasteiger partial charge in [0.2, 0.25) is 0 Å². The summed E-state index contributed by atoms with van der Waals surface area (Å²) < 4.78 is 0. The second-order valence-corrected chi connectivity index (χ2v) is 4.09. The Hall–Kier alpha value is -2.53. The van der Waals surface area contributed by atoms with E-state index in [-0.39, 0.29) is 0 Å². The molecule has 18 heavy (non-hydrogen) atoms. The van der Waals surface area contributed by atoms with E-state index in [1.807, 2.05) is 54.7 Å². The minimum Gasteiger partial charge on any atom is -0.399 e. The van der Waals surface area contributed by atoms with Crippen molar-refractivity contribution in [2.45, 2.75) is 6.42 Å². The molecule has 0 aromatic heterocycles. The van der Waals surface area contributed by atoms with Crippen molar-refractivity contribution in [3.05, 3.63) is 83.2 Å². The lowest BCUT2D eigenvalue weighted by Gasteiger charge is -1.99. The van der Waals surface area contributed by atoms with Gasteiger partial charge < -0.3 is 5.73 Å². The van der Waals surface area contributed by atoms with E-state index in [4.69, 9.17) is 11.0 Å². The fourth-order valence-corrected chi connectivity index (χ4v) is 1.68. The standard InChI is InChI=1S/C16H14N2/c17-12-15-4-2-1-3-13(6-8-15)5-7-14-9-10-16(18)11-14/h1-2,4-11H,3,18H2/b2-1-,8-6-,13-5-,14-7-,15-4+. The van der Waals surface area contributed by atoms with Crippen molar-refractivity contribution in [1.29, 1.82) is 5.26 Å². The van der Waals surface area contributed by atoms with Crippen molar-refractivity contribution in [3.8, 4) is 6.07 Å². The van der Waals surface area contributed by atoms with E-state index in [1.165, 1.54) is 0 Å². The van der Waals surface area contributed by atoms with Crippen molar-refractivity contribution in [2.75, 3.05) is 0 Å². The molecule has 0 spiro atoms. The van der Waals surface area contributed by atoms with Gasteiger partial charge in [0.05, 0.1) is 11.6 Å². The van der Waals surface area contributed by atoms with Gasteiger partial charge in [0.15, 0.2) is 0 Å². The van der Waals surface area contributed by atoms with Gasteiger partial charge in [-0.25, -0.2) is 0 Å². The molecule has 0 amide bonds. The number of nitrogens with two attached hydrogens (primary N) is 1. The number of hydrogen-bond donors (Lipinski definition) is 1. The second-order valence-electron chi connectivity index (χ2n) is 4.09. The normalized spacial score (nSPS) is 29.1. The smallest absolute Gasteiger partial charge is 0.0991 e. The van der Waals surface area contributed by atoms with E-state index in [1.54, 1.807) is 0 Å². The highest BCUT2D eigenvalue weighted by molar-refractivity contribution is 5.48. The lowest BCUT2D eigenvalue weighted by molar-refractivity contribution is 1.27. The Labute approximate surface area is 107 Å². The van der Waals surface area contributed by atoms with Crippen LogP contribution < -0.4 is 5.73 Å². The third-order valence-electron chi connectivity index (χ3n) is 2.66. The summed E-state index contributed by atoms with van der Waals surface area (Å²) in [7, 11) is 0. The van der Waals surface area contributed by atoms with E-state index < -0.39 is 0 Å². The third-order valence-corrected chi connectivity index (χ3v) is 2.66. The number of hydrogen-bond acceptors (Lipinski definition) is 2. The van der Waals surface area contributed by atoms with Crippen LogP contribution >= 0.6 is 0 Å². The molecule has 0 fully saturated rings. The maximum atomic E-state index is 8.86. The highest BCUT2D eigenvalue weighted by Gasteiger charge is 1.97. The predicted octanol–water partition coefficient (Wildman–Crippen LogP) is 3.22. The zero-order valence-electron chi connectivity index (χ0n) is 10.0. The van der Waals surface area contributed by atoms with Crippen molar-refractivity contribution in [2.24, 2.45) is 5.73 Å². The number of rotatable bonds is 1. The van der Waals surface area contributed by atoms with Crippen LogP contribution in [0.25, 0.3) is 0 Å². The first-order chi connectivity index (χ1) is 8.78. The van der Waals surface area contributed by atoms with Gasteiger partial charge in [-0.1, -0.05) is 36.5 Å². The van der Waals surface area contributed by atoms with Crippen LogP contribution in [0.1, 0.15) is 6.42 Å². The summed E-state index contributed by atoms with van der Waals surface area (Å²) in [5.74, 6) is 0. The summed E-state index contributed by atoms with van der Waals surface area (Å²) in [6.45, 7) is 0. The van der Waals surface area contributed by atoms with Crippen LogP contribution in [-0.2, 0) is 0 Å². The average molecular weight is 234 g/mol. The van der Waals surface area contributed by atoms with Crippen LogP contribution in [-0.4, -0.2) is 0 Å². The molecule has 0 saturated carbocycles. The zero-order chi connectivity index (χ0) is 12.8. The summed E-state index contributed by atoms with van der Waals surface area (Å²) in [6.07, 6.45) is 20.3. The van der Waals surface area contributed by atoms with Gasteiger partial charge in [0.25, 0.3) is 0 Å². The molecule has 2 N–H and O–H groups in total. The molecule has 0 heterocycles. The van der Waals surface area contributed by atoms with Crippen LogP contribution in [0, 0.1) is 11.3 Å². The molecule has 0 atom stereocenters. The van der Waals surface area contributed by atoms with Gasteiger partial charge in [-0.3, -0.25) is 0 Å². The Balaban J connectivity index is 2.18. The molecule has 0 aromatic carbocycles. The molecule has 0 bridgehead atoms. The summed E-state index contributed by atoms with van der Waals surface area (Å²) in [5.41, 5.74) is 9.35. The summed E-state index contributed by atoms with van der Waals surface area (Å²) in [5, 5.41) is 8.86. The predicted molar refractivity (Wildman–Crippen MR) is 74.2 cm³/mol. The second kappa shape index (κ2) is 5.70. The van der Waals surface area contributed by atoms with Crippen molar-refractivity contribution < 1.29 is 0 Å². The zero-order valence-corrected chi connectivity index (χ0v) is 10.0. The first-order valence-electron chi connectivity index (χ1n) is 5.79. The van der Waals surface area contributed by atoms with E-state index in [0.717, 1.165) is 23.3 Å². The van der Waals surface area contributed by atoms with Gasteiger partial charge in [0, 0.05) is 5.70 Å². The lowest BCUT2D eigenvalue weighted by Crippen LogP contribution is -1.87. The first-order valence-corrected chi connectivity index (χ1v) is 5.79. The minimum atomic E-state index is 0.661. The van der Waals surface area contributed by atoms with E-state index in [0.29, 0.717) is 5.57 Å². The highest BCUT2D eigenvalue weighted by atomic mass is 14.6. The Morgan fingerprint density at radius 2 is 2.06 bits per heavy atom. The molecule has 0 aromatic rings. The van der Waals surface area contributed by atoms with Crippen molar-refractivity contribution in [3.63, 3.8) is 0 Å².